The topological polar surface area (TPSA) is 85.3 Å². The van der Waals surface area contributed by atoms with E-state index in [0.29, 0.717) is 26.2 Å². The van der Waals surface area contributed by atoms with Crippen LogP contribution < -0.4 is 0 Å². The Morgan fingerprint density at radius 1 is 0.540 bits per heavy atom. The smallest absolute Gasteiger partial charge is 0.462 e. The van der Waals surface area contributed by atoms with Crippen LogP contribution in [0.1, 0.15) is 207 Å². The van der Waals surface area contributed by atoms with Crippen LogP contribution in [0.4, 0.5) is 4.79 Å². The highest BCUT2D eigenvalue weighted by Crippen LogP contribution is 2.18. The van der Waals surface area contributed by atoms with Crippen molar-refractivity contribution in [1.82, 2.24) is 4.90 Å². The Kier molecular flexibility index (Phi) is 38.9. The second-order valence-electron chi connectivity index (χ2n) is 14.4. The van der Waals surface area contributed by atoms with Crippen molar-refractivity contribution >= 4 is 12.1 Å². The summed E-state index contributed by atoms with van der Waals surface area (Å²) < 4.78 is 16.3. The average molecular weight is 710 g/mol. The van der Waals surface area contributed by atoms with Gasteiger partial charge in [-0.1, -0.05) is 142 Å². The number of aliphatic hydroxyl groups is 1. The summed E-state index contributed by atoms with van der Waals surface area (Å²) in [5.74, 6) is 0.00374. The molecule has 0 fully saturated rings. The lowest BCUT2D eigenvalue weighted by Crippen LogP contribution is -2.29. The molecule has 296 valence electrons. The Morgan fingerprint density at radius 3 is 1.62 bits per heavy atom. The van der Waals surface area contributed by atoms with Crippen LogP contribution in [0.5, 0.6) is 0 Å². The molecule has 1 N–H and O–H groups in total. The number of hydrogen-bond donors (Lipinski definition) is 1. The Balaban J connectivity index is 3.97. The van der Waals surface area contributed by atoms with Gasteiger partial charge in [0.25, 0.3) is 0 Å². The van der Waals surface area contributed by atoms with E-state index in [1.807, 2.05) is 0 Å². The largest absolute Gasteiger partial charge is 0.508 e. The third-order valence-electron chi connectivity index (χ3n) is 9.56. The molecule has 0 amide bonds. The fraction of sp³-hybridized carbons (Fsp3) is 0.907. The molecule has 0 unspecified atom stereocenters. The first-order valence-corrected chi connectivity index (χ1v) is 21.5. The van der Waals surface area contributed by atoms with Gasteiger partial charge in [-0.05, 0) is 83.7 Å². The minimum atomic E-state index is -0.565. The highest BCUT2D eigenvalue weighted by atomic mass is 16.7. The summed E-state index contributed by atoms with van der Waals surface area (Å²) in [6, 6.07) is 0. The second-order valence-corrected chi connectivity index (χ2v) is 14.4. The van der Waals surface area contributed by atoms with Gasteiger partial charge in [-0.15, -0.1) is 0 Å². The molecule has 0 aromatic heterocycles. The van der Waals surface area contributed by atoms with Crippen LogP contribution >= 0.6 is 0 Å². The lowest BCUT2D eigenvalue weighted by Gasteiger charge is -2.21. The van der Waals surface area contributed by atoms with E-state index in [-0.39, 0.29) is 18.7 Å². The number of ether oxygens (including phenoxy) is 3. The molecule has 0 aliphatic rings. The molecular formula is C43H83NO6. The summed E-state index contributed by atoms with van der Waals surface area (Å²) in [5.41, 5.74) is 0. The van der Waals surface area contributed by atoms with E-state index in [9.17, 15) is 14.7 Å². The lowest BCUT2D eigenvalue weighted by molar-refractivity contribution is -0.150. The minimum absolute atomic E-state index is 0.00374. The fourth-order valence-electron chi connectivity index (χ4n) is 6.37. The van der Waals surface area contributed by atoms with E-state index in [4.69, 9.17) is 14.2 Å². The zero-order chi connectivity index (χ0) is 36.6. The molecule has 0 aliphatic carbocycles. The van der Waals surface area contributed by atoms with Crippen LogP contribution in [0.25, 0.3) is 0 Å². The molecule has 0 heterocycles. The van der Waals surface area contributed by atoms with Gasteiger partial charge in [0.05, 0.1) is 19.8 Å². The van der Waals surface area contributed by atoms with Crippen molar-refractivity contribution < 1.29 is 28.9 Å². The van der Waals surface area contributed by atoms with Crippen molar-refractivity contribution in [3.05, 3.63) is 12.2 Å². The summed E-state index contributed by atoms with van der Waals surface area (Å²) in [7, 11) is 0. The summed E-state index contributed by atoms with van der Waals surface area (Å²) in [4.78, 5) is 26.8. The maximum absolute atomic E-state index is 12.7. The van der Waals surface area contributed by atoms with Gasteiger partial charge in [-0.25, -0.2) is 4.79 Å². The molecule has 0 saturated heterocycles. The van der Waals surface area contributed by atoms with E-state index < -0.39 is 6.16 Å². The fourth-order valence-corrected chi connectivity index (χ4v) is 6.37. The Labute approximate surface area is 310 Å². The number of esters is 1. The van der Waals surface area contributed by atoms with E-state index in [1.165, 1.54) is 96.3 Å². The van der Waals surface area contributed by atoms with Crippen LogP contribution in [0.15, 0.2) is 12.2 Å². The Bertz CT molecular complexity index is 729. The van der Waals surface area contributed by atoms with Crippen molar-refractivity contribution in [2.75, 3.05) is 39.5 Å². The lowest BCUT2D eigenvalue weighted by atomic mass is 10.0. The van der Waals surface area contributed by atoms with Gasteiger partial charge >= 0.3 is 12.1 Å². The number of carbonyl (C=O) groups excluding carboxylic acids is 2. The molecule has 0 aromatic carbocycles. The minimum Gasteiger partial charge on any atom is -0.462 e. The zero-order valence-electron chi connectivity index (χ0n) is 33.4. The van der Waals surface area contributed by atoms with Crippen molar-refractivity contribution in [1.29, 1.82) is 0 Å². The molecule has 0 atom stereocenters. The molecule has 0 aliphatic heterocycles. The van der Waals surface area contributed by atoms with E-state index in [2.05, 4.69) is 37.8 Å². The van der Waals surface area contributed by atoms with E-state index in [1.54, 1.807) is 0 Å². The predicted molar refractivity (Wildman–Crippen MR) is 211 cm³/mol. The van der Waals surface area contributed by atoms with Crippen molar-refractivity contribution in [2.24, 2.45) is 0 Å². The molecule has 0 spiro atoms. The maximum Gasteiger partial charge on any atom is 0.508 e. The molecular weight excluding hydrogens is 626 g/mol. The number of allylic oxidation sites excluding steroid dienone is 1. The van der Waals surface area contributed by atoms with Gasteiger partial charge in [0.2, 0.25) is 0 Å². The molecule has 0 radical (unpaired) electrons. The molecule has 0 bridgehead atoms. The average Bonchev–Trinajstić information content (AvgIpc) is 3.11. The summed E-state index contributed by atoms with van der Waals surface area (Å²) in [6.07, 6.45) is 36.7. The summed E-state index contributed by atoms with van der Waals surface area (Å²) >= 11 is 0. The number of aliphatic hydroxyl groups excluding tert-OH is 1. The first-order chi connectivity index (χ1) is 24.6. The first-order valence-electron chi connectivity index (χ1n) is 21.5. The molecule has 7 heteroatoms. The maximum atomic E-state index is 12.7. The number of nitrogens with zero attached hydrogens (tertiary/aromatic N) is 1. The molecule has 0 saturated carbocycles. The van der Waals surface area contributed by atoms with E-state index in [0.717, 1.165) is 96.6 Å². The van der Waals surface area contributed by atoms with Crippen LogP contribution in [-0.4, -0.2) is 67.7 Å². The van der Waals surface area contributed by atoms with Crippen molar-refractivity contribution in [3.8, 4) is 0 Å². The molecule has 7 nitrogen and oxygen atoms in total. The Morgan fingerprint density at radius 2 is 1.02 bits per heavy atom. The first kappa shape index (κ1) is 48.4. The molecule has 0 rings (SSSR count). The zero-order valence-corrected chi connectivity index (χ0v) is 33.4. The van der Waals surface area contributed by atoms with Crippen LogP contribution in [0, 0.1) is 0 Å². The SMILES string of the molecule is CCCCCC=CCCOC(=O)OCCCCCCN(CCO)CCCCCCCC(=O)OC(CCCCCCCC)CCCCCCCC. The van der Waals surface area contributed by atoms with Gasteiger partial charge in [0.15, 0.2) is 0 Å². The standard InChI is InChI=1S/C43H83NO6/c1-4-7-10-13-16-23-30-39-48-43(47)49-40-31-24-22-29-36-44(37-38-45)35-28-21-17-20-27-34-42(46)50-41(32-25-18-14-11-8-5-2)33-26-19-15-12-9-6-3/h16,23,41,45H,4-15,17-22,24-40H2,1-3H3. The third-order valence-corrected chi connectivity index (χ3v) is 9.56. The van der Waals surface area contributed by atoms with Gasteiger partial charge in [-0.2, -0.15) is 0 Å². The Hall–Kier alpha value is -1.60. The van der Waals surface area contributed by atoms with Gasteiger partial charge < -0.3 is 24.2 Å². The van der Waals surface area contributed by atoms with Gasteiger partial charge in [-0.3, -0.25) is 4.79 Å². The van der Waals surface area contributed by atoms with Crippen molar-refractivity contribution in [3.63, 3.8) is 0 Å². The third kappa shape index (κ3) is 36.2. The van der Waals surface area contributed by atoms with Crippen molar-refractivity contribution in [2.45, 2.75) is 213 Å². The van der Waals surface area contributed by atoms with Crippen LogP contribution in [0.3, 0.4) is 0 Å². The number of rotatable bonds is 39. The number of hydrogen-bond acceptors (Lipinski definition) is 7. The monoisotopic (exact) mass is 710 g/mol. The van der Waals surface area contributed by atoms with Gasteiger partial charge in [0.1, 0.15) is 6.10 Å². The van der Waals surface area contributed by atoms with Gasteiger partial charge in [0, 0.05) is 13.0 Å². The highest BCUT2D eigenvalue weighted by Gasteiger charge is 2.14. The highest BCUT2D eigenvalue weighted by molar-refractivity contribution is 5.69. The number of carbonyl (C=O) groups is 2. The quantitative estimate of drug-likeness (QED) is 0.0386. The summed E-state index contributed by atoms with van der Waals surface area (Å²) in [6.45, 7) is 10.4. The molecule has 0 aromatic rings. The second kappa shape index (κ2) is 40.2. The van der Waals surface area contributed by atoms with Crippen LogP contribution in [0.2, 0.25) is 0 Å². The van der Waals surface area contributed by atoms with Crippen LogP contribution in [-0.2, 0) is 19.0 Å². The normalized spacial score (nSPS) is 11.6. The van der Waals surface area contributed by atoms with E-state index >= 15 is 0 Å². The molecule has 50 heavy (non-hydrogen) atoms. The predicted octanol–water partition coefficient (Wildman–Crippen LogP) is 12.3. The summed E-state index contributed by atoms with van der Waals surface area (Å²) in [5, 5.41) is 9.52. The number of unbranched alkanes of at least 4 members (excludes halogenated alkanes) is 20.